The molecule has 2 N–H and O–H groups in total. The first-order valence-corrected chi connectivity index (χ1v) is 8.29. The Balaban J connectivity index is 2.69. The average Bonchev–Trinajstić information content (AvgIpc) is 2.74. The highest BCUT2D eigenvalue weighted by atomic mass is 32.2. The van der Waals surface area contributed by atoms with Gasteiger partial charge in [0.1, 0.15) is 16.4 Å². The third kappa shape index (κ3) is 4.97. The van der Waals surface area contributed by atoms with Gasteiger partial charge in [0.25, 0.3) is 0 Å². The molecule has 0 saturated heterocycles. The van der Waals surface area contributed by atoms with E-state index in [1.807, 2.05) is 6.92 Å². The van der Waals surface area contributed by atoms with Crippen LogP contribution in [0.25, 0.3) is 0 Å². The molecule has 110 valence electrons. The first-order valence-electron chi connectivity index (χ1n) is 6.81. The van der Waals surface area contributed by atoms with Crippen LogP contribution in [0.15, 0.2) is 15.4 Å². The molecule has 0 saturated carbocycles. The highest BCUT2D eigenvalue weighted by Gasteiger charge is 2.20. The Bertz CT molecular complexity index is 480. The average molecular weight is 288 g/mol. The van der Waals surface area contributed by atoms with Gasteiger partial charge in [0.15, 0.2) is 0 Å². The maximum atomic E-state index is 12.1. The molecule has 0 radical (unpaired) electrons. The summed E-state index contributed by atoms with van der Waals surface area (Å²) in [6.07, 6.45) is 2.95. The number of hydrogen-bond acceptors (Lipinski definition) is 4. The fraction of sp³-hybridized carbons (Fsp3) is 0.692. The van der Waals surface area contributed by atoms with E-state index in [9.17, 15) is 8.42 Å². The molecule has 1 heterocycles. The summed E-state index contributed by atoms with van der Waals surface area (Å²) in [4.78, 5) is 0.247. The molecule has 0 fully saturated rings. The van der Waals surface area contributed by atoms with E-state index in [1.54, 1.807) is 13.0 Å². The van der Waals surface area contributed by atoms with E-state index in [0.717, 1.165) is 25.8 Å². The maximum absolute atomic E-state index is 12.1. The fourth-order valence-electron chi connectivity index (χ4n) is 1.79. The summed E-state index contributed by atoms with van der Waals surface area (Å²) in [5, 5.41) is 3.11. The zero-order chi connectivity index (χ0) is 14.3. The molecule has 1 aromatic heterocycles. The Hall–Kier alpha value is -0.850. The van der Waals surface area contributed by atoms with Crippen LogP contribution < -0.4 is 10.0 Å². The van der Waals surface area contributed by atoms with Gasteiger partial charge in [-0.3, -0.25) is 0 Å². The number of nitrogens with one attached hydrogen (secondary N) is 2. The summed E-state index contributed by atoms with van der Waals surface area (Å²) in [5.41, 5.74) is 0. The van der Waals surface area contributed by atoms with Crippen LogP contribution in [-0.2, 0) is 16.6 Å². The number of unbranched alkanes of at least 4 members (excludes halogenated alkanes) is 2. The lowest BCUT2D eigenvalue weighted by Crippen LogP contribution is -2.25. The van der Waals surface area contributed by atoms with Crippen LogP contribution >= 0.6 is 0 Å². The third-order valence-corrected chi connectivity index (χ3v) is 4.40. The quantitative estimate of drug-likeness (QED) is 0.683. The maximum Gasteiger partial charge on any atom is 0.244 e. The Kier molecular flexibility index (Phi) is 6.54. The lowest BCUT2D eigenvalue weighted by molar-refractivity contribution is 0.460. The van der Waals surface area contributed by atoms with Gasteiger partial charge in [0.2, 0.25) is 10.0 Å². The fourth-order valence-corrected chi connectivity index (χ4v) is 3.06. The lowest BCUT2D eigenvalue weighted by atomic mass is 10.3. The van der Waals surface area contributed by atoms with Gasteiger partial charge in [-0.05, 0) is 19.9 Å². The van der Waals surface area contributed by atoms with E-state index >= 15 is 0 Å². The van der Waals surface area contributed by atoms with Crippen LogP contribution in [0.2, 0.25) is 0 Å². The van der Waals surface area contributed by atoms with Gasteiger partial charge in [-0.1, -0.05) is 26.7 Å². The number of hydrogen-bond donors (Lipinski definition) is 2. The zero-order valence-corrected chi connectivity index (χ0v) is 12.8. The molecule has 0 amide bonds. The van der Waals surface area contributed by atoms with Crippen molar-refractivity contribution in [3.63, 3.8) is 0 Å². The number of aryl methyl sites for hydroxylation is 1. The number of sulfonamides is 1. The van der Waals surface area contributed by atoms with Crippen LogP contribution in [0.3, 0.4) is 0 Å². The van der Waals surface area contributed by atoms with Crippen LogP contribution in [-0.4, -0.2) is 21.5 Å². The third-order valence-electron chi connectivity index (χ3n) is 2.83. The Labute approximate surface area is 115 Å². The summed E-state index contributed by atoms with van der Waals surface area (Å²) < 4.78 is 32.3. The molecule has 0 aromatic carbocycles. The second kappa shape index (κ2) is 7.67. The van der Waals surface area contributed by atoms with Crippen molar-refractivity contribution in [1.29, 1.82) is 0 Å². The van der Waals surface area contributed by atoms with Gasteiger partial charge >= 0.3 is 0 Å². The van der Waals surface area contributed by atoms with E-state index in [0.29, 0.717) is 24.6 Å². The lowest BCUT2D eigenvalue weighted by Gasteiger charge is -2.04. The van der Waals surface area contributed by atoms with Crippen molar-refractivity contribution in [1.82, 2.24) is 10.0 Å². The van der Waals surface area contributed by atoms with E-state index in [2.05, 4.69) is 17.0 Å². The summed E-state index contributed by atoms with van der Waals surface area (Å²) in [6, 6.07) is 1.60. The summed E-state index contributed by atoms with van der Waals surface area (Å²) in [5.74, 6) is 1.09. The Morgan fingerprint density at radius 3 is 2.63 bits per heavy atom. The summed E-state index contributed by atoms with van der Waals surface area (Å²) in [6.45, 7) is 7.59. The molecule has 19 heavy (non-hydrogen) atoms. The second-order valence-corrected chi connectivity index (χ2v) is 6.25. The van der Waals surface area contributed by atoms with Crippen molar-refractivity contribution in [2.75, 3.05) is 13.1 Å². The molecule has 0 aliphatic heterocycles. The highest BCUT2D eigenvalue weighted by Crippen LogP contribution is 2.19. The van der Waals surface area contributed by atoms with Crippen LogP contribution in [0.4, 0.5) is 0 Å². The van der Waals surface area contributed by atoms with Gasteiger partial charge in [-0.15, -0.1) is 0 Å². The first kappa shape index (κ1) is 16.2. The summed E-state index contributed by atoms with van der Waals surface area (Å²) >= 11 is 0. The van der Waals surface area contributed by atoms with Crippen molar-refractivity contribution in [2.24, 2.45) is 0 Å². The molecule has 5 nitrogen and oxygen atoms in total. The minimum absolute atomic E-state index is 0.247. The molecule has 1 aromatic rings. The molecule has 0 unspecified atom stereocenters. The standard InChI is InChI=1S/C13H24N2O3S/c1-4-6-7-8-15-19(16,17)13-9-12(10-14-5-2)18-11(13)3/h9,14-15H,4-8,10H2,1-3H3. The van der Waals surface area contributed by atoms with Crippen molar-refractivity contribution < 1.29 is 12.8 Å². The largest absolute Gasteiger partial charge is 0.464 e. The molecular formula is C13H24N2O3S. The summed E-state index contributed by atoms with van der Waals surface area (Å²) in [7, 11) is -3.45. The van der Waals surface area contributed by atoms with E-state index in [1.165, 1.54) is 0 Å². The molecule has 0 spiro atoms. The van der Waals surface area contributed by atoms with Gasteiger partial charge in [-0.25, -0.2) is 13.1 Å². The highest BCUT2D eigenvalue weighted by molar-refractivity contribution is 7.89. The van der Waals surface area contributed by atoms with Gasteiger partial charge in [0.05, 0.1) is 6.54 Å². The molecule has 0 aliphatic rings. The van der Waals surface area contributed by atoms with Crippen molar-refractivity contribution in [3.05, 3.63) is 17.6 Å². The predicted octanol–water partition coefficient (Wildman–Crippen LogP) is 2.17. The smallest absolute Gasteiger partial charge is 0.244 e. The Morgan fingerprint density at radius 1 is 1.26 bits per heavy atom. The molecule has 0 atom stereocenters. The first-order chi connectivity index (χ1) is 9.01. The molecule has 6 heteroatoms. The minimum atomic E-state index is -3.45. The second-order valence-electron chi connectivity index (χ2n) is 4.52. The zero-order valence-electron chi connectivity index (χ0n) is 12.0. The van der Waals surface area contributed by atoms with E-state index in [4.69, 9.17) is 4.42 Å². The van der Waals surface area contributed by atoms with Crippen molar-refractivity contribution in [3.8, 4) is 0 Å². The number of rotatable bonds is 9. The normalized spacial score (nSPS) is 11.9. The van der Waals surface area contributed by atoms with Crippen molar-refractivity contribution in [2.45, 2.75) is 51.5 Å². The Morgan fingerprint density at radius 2 is 2.00 bits per heavy atom. The molecule has 1 rings (SSSR count). The topological polar surface area (TPSA) is 71.3 Å². The van der Waals surface area contributed by atoms with Crippen LogP contribution in [0.1, 0.15) is 44.6 Å². The van der Waals surface area contributed by atoms with Gasteiger partial charge in [0, 0.05) is 12.6 Å². The van der Waals surface area contributed by atoms with E-state index < -0.39 is 10.0 Å². The molecular weight excluding hydrogens is 264 g/mol. The SMILES string of the molecule is CCCCCNS(=O)(=O)c1cc(CNCC)oc1C. The molecule has 0 bridgehead atoms. The van der Waals surface area contributed by atoms with Gasteiger partial charge in [-0.2, -0.15) is 0 Å². The number of furan rings is 1. The van der Waals surface area contributed by atoms with Gasteiger partial charge < -0.3 is 9.73 Å². The van der Waals surface area contributed by atoms with Crippen LogP contribution in [0.5, 0.6) is 0 Å². The van der Waals surface area contributed by atoms with E-state index in [-0.39, 0.29) is 4.90 Å². The predicted molar refractivity (Wildman–Crippen MR) is 75.5 cm³/mol. The van der Waals surface area contributed by atoms with Crippen LogP contribution in [0, 0.1) is 6.92 Å². The monoisotopic (exact) mass is 288 g/mol. The minimum Gasteiger partial charge on any atom is -0.464 e. The van der Waals surface area contributed by atoms with Crippen molar-refractivity contribution >= 4 is 10.0 Å². The molecule has 0 aliphatic carbocycles.